The first kappa shape index (κ1) is 9.96. The third-order valence-electron chi connectivity index (χ3n) is 2.45. The van der Waals surface area contributed by atoms with Crippen molar-refractivity contribution < 1.29 is 9.84 Å². The first-order chi connectivity index (χ1) is 5.86. The van der Waals surface area contributed by atoms with E-state index < -0.39 is 0 Å². The van der Waals surface area contributed by atoms with Crippen LogP contribution in [0.4, 0.5) is 0 Å². The molecule has 1 aliphatic heterocycles. The summed E-state index contributed by atoms with van der Waals surface area (Å²) >= 11 is 0. The molecule has 3 nitrogen and oxygen atoms in total. The molecule has 1 fully saturated rings. The Bertz CT molecular complexity index is 115. The maximum atomic E-state index is 8.75. The Labute approximate surface area is 74.1 Å². The molecular weight excluding hydrogens is 154 g/mol. The van der Waals surface area contributed by atoms with Crippen LogP contribution in [-0.4, -0.2) is 37.5 Å². The van der Waals surface area contributed by atoms with Crippen LogP contribution in [0.2, 0.25) is 0 Å². The third-order valence-corrected chi connectivity index (χ3v) is 2.45. The van der Waals surface area contributed by atoms with Gasteiger partial charge in [-0.25, -0.2) is 0 Å². The minimum Gasteiger partial charge on any atom is -0.396 e. The van der Waals surface area contributed by atoms with Gasteiger partial charge in [0.25, 0.3) is 0 Å². The van der Waals surface area contributed by atoms with Crippen molar-refractivity contribution in [1.82, 2.24) is 5.32 Å². The molecule has 1 rings (SSSR count). The van der Waals surface area contributed by atoms with Crippen molar-refractivity contribution in [2.45, 2.75) is 25.8 Å². The van der Waals surface area contributed by atoms with Gasteiger partial charge in [0.2, 0.25) is 0 Å². The van der Waals surface area contributed by atoms with Crippen LogP contribution in [0.3, 0.4) is 0 Å². The Morgan fingerprint density at radius 1 is 1.58 bits per heavy atom. The predicted molar refractivity (Wildman–Crippen MR) is 48.1 cm³/mol. The largest absolute Gasteiger partial charge is 0.396 e. The molecule has 0 aliphatic carbocycles. The van der Waals surface area contributed by atoms with Crippen molar-refractivity contribution in [3.63, 3.8) is 0 Å². The van der Waals surface area contributed by atoms with Crippen molar-refractivity contribution in [3.05, 3.63) is 0 Å². The molecule has 1 heterocycles. The van der Waals surface area contributed by atoms with Crippen LogP contribution in [0.15, 0.2) is 0 Å². The van der Waals surface area contributed by atoms with E-state index in [1.54, 1.807) is 0 Å². The summed E-state index contributed by atoms with van der Waals surface area (Å²) < 4.78 is 5.05. The number of aliphatic hydroxyl groups excluding tert-OH is 1. The van der Waals surface area contributed by atoms with E-state index in [4.69, 9.17) is 9.84 Å². The Hall–Kier alpha value is -0.120. The van der Waals surface area contributed by atoms with E-state index >= 15 is 0 Å². The second-order valence-electron chi connectivity index (χ2n) is 3.43. The van der Waals surface area contributed by atoms with Crippen LogP contribution in [-0.2, 0) is 4.74 Å². The van der Waals surface area contributed by atoms with Crippen molar-refractivity contribution >= 4 is 0 Å². The first-order valence-corrected chi connectivity index (χ1v) is 4.78. The highest BCUT2D eigenvalue weighted by molar-refractivity contribution is 4.74. The van der Waals surface area contributed by atoms with Gasteiger partial charge in [-0.05, 0) is 18.9 Å². The zero-order chi connectivity index (χ0) is 8.81. The molecule has 0 spiro atoms. The van der Waals surface area contributed by atoms with Gasteiger partial charge in [0.05, 0.1) is 19.3 Å². The summed E-state index contributed by atoms with van der Waals surface area (Å²) in [6.07, 6.45) is 2.05. The predicted octanol–water partition coefficient (Wildman–Crippen LogP) is 0.383. The lowest BCUT2D eigenvalue weighted by atomic mass is 10.0. The lowest BCUT2D eigenvalue weighted by Gasteiger charge is -2.28. The quantitative estimate of drug-likeness (QED) is 0.610. The van der Waals surface area contributed by atoms with Crippen LogP contribution in [0, 0.1) is 5.92 Å². The van der Waals surface area contributed by atoms with E-state index in [0.717, 1.165) is 32.6 Å². The highest BCUT2D eigenvalue weighted by Crippen LogP contribution is 2.07. The standard InChI is InChI=1S/C9H19NO2/c1-2-8(3-4-11)5-10-9-6-12-7-9/h8-11H,2-7H2,1H3. The van der Waals surface area contributed by atoms with Gasteiger partial charge in [0, 0.05) is 6.61 Å². The highest BCUT2D eigenvalue weighted by Gasteiger charge is 2.18. The average molecular weight is 173 g/mol. The SMILES string of the molecule is CCC(CCO)CNC1COC1. The van der Waals surface area contributed by atoms with Gasteiger partial charge in [-0.1, -0.05) is 13.3 Å². The fraction of sp³-hybridized carbons (Fsp3) is 1.00. The maximum Gasteiger partial charge on any atom is 0.0643 e. The summed E-state index contributed by atoms with van der Waals surface area (Å²) in [5.41, 5.74) is 0. The normalized spacial score (nSPS) is 20.5. The van der Waals surface area contributed by atoms with Crippen LogP contribution in [0.1, 0.15) is 19.8 Å². The fourth-order valence-electron chi connectivity index (χ4n) is 1.32. The van der Waals surface area contributed by atoms with Crippen LogP contribution < -0.4 is 5.32 Å². The van der Waals surface area contributed by atoms with Gasteiger partial charge >= 0.3 is 0 Å². The van der Waals surface area contributed by atoms with Crippen molar-refractivity contribution in [2.75, 3.05) is 26.4 Å². The van der Waals surface area contributed by atoms with E-state index in [0.29, 0.717) is 18.6 Å². The molecule has 2 N–H and O–H groups in total. The van der Waals surface area contributed by atoms with Gasteiger partial charge < -0.3 is 15.2 Å². The Kier molecular flexibility index (Phi) is 4.58. The molecule has 1 atom stereocenters. The van der Waals surface area contributed by atoms with Gasteiger partial charge in [-0.3, -0.25) is 0 Å². The monoisotopic (exact) mass is 173 g/mol. The minimum absolute atomic E-state index is 0.307. The zero-order valence-corrected chi connectivity index (χ0v) is 7.75. The molecule has 3 heteroatoms. The minimum atomic E-state index is 0.307. The van der Waals surface area contributed by atoms with Crippen molar-refractivity contribution in [1.29, 1.82) is 0 Å². The van der Waals surface area contributed by atoms with Gasteiger partial charge in [0.15, 0.2) is 0 Å². The molecule has 1 saturated heterocycles. The summed E-state index contributed by atoms with van der Waals surface area (Å²) in [6.45, 7) is 5.21. The first-order valence-electron chi connectivity index (χ1n) is 4.78. The van der Waals surface area contributed by atoms with E-state index in [2.05, 4.69) is 12.2 Å². The van der Waals surface area contributed by atoms with Crippen molar-refractivity contribution in [3.8, 4) is 0 Å². The molecule has 72 valence electrons. The van der Waals surface area contributed by atoms with Crippen molar-refractivity contribution in [2.24, 2.45) is 5.92 Å². The number of nitrogens with one attached hydrogen (secondary N) is 1. The smallest absolute Gasteiger partial charge is 0.0643 e. The second-order valence-corrected chi connectivity index (χ2v) is 3.43. The number of ether oxygens (including phenoxy) is 1. The summed E-state index contributed by atoms with van der Waals surface area (Å²) in [6, 6.07) is 0.567. The summed E-state index contributed by atoms with van der Waals surface area (Å²) in [5, 5.41) is 12.2. The molecule has 0 aromatic heterocycles. The third kappa shape index (κ3) is 3.09. The topological polar surface area (TPSA) is 41.5 Å². The van der Waals surface area contributed by atoms with E-state index in [-0.39, 0.29) is 0 Å². The Morgan fingerprint density at radius 2 is 2.33 bits per heavy atom. The zero-order valence-electron chi connectivity index (χ0n) is 7.75. The van der Waals surface area contributed by atoms with Crippen LogP contribution >= 0.6 is 0 Å². The van der Waals surface area contributed by atoms with Gasteiger partial charge in [-0.2, -0.15) is 0 Å². The summed E-state index contributed by atoms with van der Waals surface area (Å²) in [4.78, 5) is 0. The highest BCUT2D eigenvalue weighted by atomic mass is 16.5. The van der Waals surface area contributed by atoms with E-state index in [9.17, 15) is 0 Å². The van der Waals surface area contributed by atoms with Gasteiger partial charge in [0.1, 0.15) is 0 Å². The molecule has 0 radical (unpaired) electrons. The number of hydrogen-bond acceptors (Lipinski definition) is 3. The number of aliphatic hydroxyl groups is 1. The van der Waals surface area contributed by atoms with Crippen LogP contribution in [0.25, 0.3) is 0 Å². The van der Waals surface area contributed by atoms with E-state index in [1.165, 1.54) is 0 Å². The fourth-order valence-corrected chi connectivity index (χ4v) is 1.32. The Balaban J connectivity index is 2.01. The molecule has 0 saturated carbocycles. The molecule has 0 aromatic rings. The maximum absolute atomic E-state index is 8.75. The molecule has 0 bridgehead atoms. The average Bonchev–Trinajstić information content (AvgIpc) is 2.00. The molecule has 1 unspecified atom stereocenters. The molecule has 12 heavy (non-hydrogen) atoms. The number of rotatable bonds is 6. The Morgan fingerprint density at radius 3 is 2.75 bits per heavy atom. The summed E-state index contributed by atoms with van der Waals surface area (Å²) in [7, 11) is 0. The molecule has 0 amide bonds. The van der Waals surface area contributed by atoms with E-state index in [1.807, 2.05) is 0 Å². The summed E-state index contributed by atoms with van der Waals surface area (Å²) in [5.74, 6) is 0.621. The molecular formula is C9H19NO2. The second kappa shape index (κ2) is 5.51. The number of hydrogen-bond donors (Lipinski definition) is 2. The molecule has 0 aromatic carbocycles. The lowest BCUT2D eigenvalue weighted by Crippen LogP contribution is -2.47. The lowest BCUT2D eigenvalue weighted by molar-refractivity contribution is -0.00687. The van der Waals surface area contributed by atoms with Crippen LogP contribution in [0.5, 0.6) is 0 Å². The molecule has 1 aliphatic rings. The van der Waals surface area contributed by atoms with Gasteiger partial charge in [-0.15, -0.1) is 0 Å².